The van der Waals surface area contributed by atoms with Gasteiger partial charge in [0.2, 0.25) is 5.91 Å². The average molecular weight is 580 g/mol. The van der Waals surface area contributed by atoms with Gasteiger partial charge >= 0.3 is 12.2 Å². The Morgan fingerprint density at radius 2 is 1.68 bits per heavy atom. The number of halogens is 3. The van der Waals surface area contributed by atoms with Gasteiger partial charge in [-0.25, -0.2) is 22.5 Å². The van der Waals surface area contributed by atoms with Gasteiger partial charge in [0.15, 0.2) is 0 Å². The van der Waals surface area contributed by atoms with Gasteiger partial charge < -0.3 is 14.7 Å². The molecule has 1 unspecified atom stereocenters. The number of nitrogens with zero attached hydrogens (tertiary/aromatic N) is 5. The highest BCUT2D eigenvalue weighted by Crippen LogP contribution is 2.37. The van der Waals surface area contributed by atoms with Crippen molar-refractivity contribution in [2.45, 2.75) is 68.2 Å². The number of alkyl halides is 3. The van der Waals surface area contributed by atoms with Crippen LogP contribution in [-0.4, -0.2) is 83.7 Å². The van der Waals surface area contributed by atoms with Crippen LogP contribution in [0.25, 0.3) is 0 Å². The number of sulfonamides is 1. The summed E-state index contributed by atoms with van der Waals surface area (Å²) in [6.45, 7) is 1.77. The molecule has 5 rings (SSSR count). The summed E-state index contributed by atoms with van der Waals surface area (Å²) in [6.07, 6.45) is 0.855. The van der Waals surface area contributed by atoms with Gasteiger partial charge in [-0.05, 0) is 44.0 Å². The second-order valence-corrected chi connectivity index (χ2v) is 12.4. The number of pyridine rings is 1. The van der Waals surface area contributed by atoms with Gasteiger partial charge in [0.25, 0.3) is 10.0 Å². The standard InChI is InChI=1S/C27H32F3N5O4S/c1-19-17-32(24-22(27(28,29)30)13-8-14-31-24)15-16-33(19)25(36)23-18-34(40(38,39)21-11-6-3-7-12-21)26(37)35(23)20-9-4-2-5-10-20/h3,6-8,11-14,19-20,23H,2,4-5,9-10,15-18H2,1H3/t19-,23?/m0/s1. The number of anilines is 1. The zero-order chi connectivity index (χ0) is 28.7. The molecule has 40 heavy (non-hydrogen) atoms. The number of aromatic nitrogens is 1. The molecule has 0 spiro atoms. The lowest BCUT2D eigenvalue weighted by Crippen LogP contribution is -2.60. The molecule has 3 heterocycles. The molecular formula is C27H32F3N5O4S. The molecule has 1 saturated carbocycles. The number of rotatable bonds is 5. The van der Waals surface area contributed by atoms with Gasteiger partial charge in [-0.15, -0.1) is 0 Å². The van der Waals surface area contributed by atoms with Crippen molar-refractivity contribution in [1.82, 2.24) is 19.1 Å². The number of piperazine rings is 1. The number of benzene rings is 1. The smallest absolute Gasteiger partial charge is 0.352 e. The minimum atomic E-state index is -4.57. The molecule has 3 amide bonds. The van der Waals surface area contributed by atoms with E-state index in [9.17, 15) is 31.2 Å². The van der Waals surface area contributed by atoms with Crippen molar-refractivity contribution in [3.05, 3.63) is 54.2 Å². The highest BCUT2D eigenvalue weighted by atomic mass is 32.2. The second kappa shape index (κ2) is 10.9. The molecule has 0 N–H and O–H groups in total. The lowest BCUT2D eigenvalue weighted by atomic mass is 9.93. The van der Waals surface area contributed by atoms with Crippen molar-refractivity contribution < 1.29 is 31.2 Å². The minimum Gasteiger partial charge on any atom is -0.352 e. The maximum Gasteiger partial charge on any atom is 0.419 e. The van der Waals surface area contributed by atoms with E-state index in [0.717, 1.165) is 29.6 Å². The molecule has 13 heteroatoms. The van der Waals surface area contributed by atoms with Gasteiger partial charge in [-0.2, -0.15) is 13.2 Å². The van der Waals surface area contributed by atoms with Crippen LogP contribution in [-0.2, 0) is 21.0 Å². The van der Waals surface area contributed by atoms with Crippen LogP contribution in [0.1, 0.15) is 44.6 Å². The van der Waals surface area contributed by atoms with Gasteiger partial charge in [-0.1, -0.05) is 37.5 Å². The third kappa shape index (κ3) is 5.23. The molecule has 2 atom stereocenters. The number of carbonyl (C=O) groups is 2. The third-order valence-corrected chi connectivity index (χ3v) is 9.75. The maximum absolute atomic E-state index is 14.0. The largest absolute Gasteiger partial charge is 0.419 e. The summed E-state index contributed by atoms with van der Waals surface area (Å²) in [4.78, 5) is 36.1. The maximum atomic E-state index is 14.0. The first-order chi connectivity index (χ1) is 19.0. The fourth-order valence-electron chi connectivity index (χ4n) is 6.01. The molecule has 216 valence electrons. The normalized spacial score (nSPS) is 23.1. The lowest BCUT2D eigenvalue weighted by Gasteiger charge is -2.43. The SMILES string of the molecule is C[C@H]1CN(c2ncccc2C(F)(F)F)CCN1C(=O)C1CN(S(=O)(=O)c2ccccc2)C(=O)N1C1CCCCC1. The first-order valence-electron chi connectivity index (χ1n) is 13.5. The molecular weight excluding hydrogens is 547 g/mol. The molecule has 2 saturated heterocycles. The van der Waals surface area contributed by atoms with E-state index in [-0.39, 0.29) is 42.9 Å². The first kappa shape index (κ1) is 28.2. The average Bonchev–Trinajstić information content (AvgIpc) is 3.31. The molecule has 2 aliphatic heterocycles. The van der Waals surface area contributed by atoms with E-state index in [1.165, 1.54) is 34.2 Å². The number of hydrogen-bond acceptors (Lipinski definition) is 6. The van der Waals surface area contributed by atoms with Crippen LogP contribution in [0.15, 0.2) is 53.6 Å². The van der Waals surface area contributed by atoms with Crippen LogP contribution in [0.4, 0.5) is 23.8 Å². The van der Waals surface area contributed by atoms with Crippen molar-refractivity contribution in [3.8, 4) is 0 Å². The van der Waals surface area contributed by atoms with Gasteiger partial charge in [0.1, 0.15) is 11.9 Å². The van der Waals surface area contributed by atoms with E-state index in [1.54, 1.807) is 30.0 Å². The van der Waals surface area contributed by atoms with Crippen LogP contribution in [0.5, 0.6) is 0 Å². The minimum absolute atomic E-state index is 0.0298. The molecule has 3 aliphatic rings. The predicted octanol–water partition coefficient (Wildman–Crippen LogP) is 3.97. The monoisotopic (exact) mass is 579 g/mol. The molecule has 0 bridgehead atoms. The fraction of sp³-hybridized carbons (Fsp3) is 0.519. The van der Waals surface area contributed by atoms with E-state index in [2.05, 4.69) is 4.98 Å². The highest BCUT2D eigenvalue weighted by Gasteiger charge is 2.51. The predicted molar refractivity (Wildman–Crippen MR) is 141 cm³/mol. The Kier molecular flexibility index (Phi) is 7.68. The molecule has 3 fully saturated rings. The van der Waals surface area contributed by atoms with Crippen molar-refractivity contribution in [2.75, 3.05) is 31.1 Å². The summed E-state index contributed by atoms with van der Waals surface area (Å²) in [7, 11) is -4.19. The van der Waals surface area contributed by atoms with Crippen LogP contribution in [0, 0.1) is 0 Å². The third-order valence-electron chi connectivity index (χ3n) is 8.00. The van der Waals surface area contributed by atoms with Crippen LogP contribution >= 0.6 is 0 Å². The van der Waals surface area contributed by atoms with Gasteiger partial charge in [0, 0.05) is 37.9 Å². The zero-order valence-corrected chi connectivity index (χ0v) is 22.9. The van der Waals surface area contributed by atoms with E-state index in [4.69, 9.17) is 0 Å². The summed E-state index contributed by atoms with van der Waals surface area (Å²) in [6, 6.07) is 7.40. The Bertz CT molecular complexity index is 1350. The number of amides is 3. The molecule has 0 radical (unpaired) electrons. The van der Waals surface area contributed by atoms with E-state index in [0.29, 0.717) is 12.8 Å². The van der Waals surface area contributed by atoms with Crippen LogP contribution in [0.3, 0.4) is 0 Å². The van der Waals surface area contributed by atoms with Gasteiger partial charge in [0.05, 0.1) is 17.0 Å². The van der Waals surface area contributed by atoms with E-state index in [1.807, 2.05) is 0 Å². The summed E-state index contributed by atoms with van der Waals surface area (Å²) in [5.41, 5.74) is -0.839. The fourth-order valence-corrected chi connectivity index (χ4v) is 7.40. The van der Waals surface area contributed by atoms with Crippen LogP contribution in [0.2, 0.25) is 0 Å². The Balaban J connectivity index is 1.39. The highest BCUT2D eigenvalue weighted by molar-refractivity contribution is 7.89. The molecule has 2 aromatic rings. The number of carbonyl (C=O) groups excluding carboxylic acids is 2. The number of urea groups is 1. The van der Waals surface area contributed by atoms with Crippen molar-refractivity contribution in [1.29, 1.82) is 0 Å². The number of hydrogen-bond donors (Lipinski definition) is 0. The van der Waals surface area contributed by atoms with Crippen molar-refractivity contribution >= 4 is 27.8 Å². The van der Waals surface area contributed by atoms with Crippen molar-refractivity contribution in [2.24, 2.45) is 0 Å². The van der Waals surface area contributed by atoms with Crippen LogP contribution < -0.4 is 4.90 Å². The summed E-state index contributed by atoms with van der Waals surface area (Å²) >= 11 is 0. The Morgan fingerprint density at radius 1 is 0.975 bits per heavy atom. The van der Waals surface area contributed by atoms with E-state index >= 15 is 0 Å². The van der Waals surface area contributed by atoms with Gasteiger partial charge in [-0.3, -0.25) is 4.79 Å². The Labute approximate surface area is 231 Å². The quantitative estimate of drug-likeness (QED) is 0.533. The van der Waals surface area contributed by atoms with Crippen molar-refractivity contribution in [3.63, 3.8) is 0 Å². The summed E-state index contributed by atoms with van der Waals surface area (Å²) in [5, 5.41) is 0. The molecule has 1 aromatic carbocycles. The molecule has 1 aromatic heterocycles. The second-order valence-electron chi connectivity index (χ2n) is 10.5. The Morgan fingerprint density at radius 3 is 2.33 bits per heavy atom. The van der Waals surface area contributed by atoms with E-state index < -0.39 is 45.8 Å². The summed E-state index contributed by atoms with van der Waals surface area (Å²) in [5.74, 6) is -0.581. The first-order valence-corrected chi connectivity index (χ1v) is 14.9. The topological polar surface area (TPSA) is 94.1 Å². The molecule has 1 aliphatic carbocycles. The zero-order valence-electron chi connectivity index (χ0n) is 22.1. The Hall–Kier alpha value is -3.35. The summed E-state index contributed by atoms with van der Waals surface area (Å²) < 4.78 is 68.5. The molecule has 9 nitrogen and oxygen atoms in total. The lowest BCUT2D eigenvalue weighted by molar-refractivity contribution is -0.139.